The summed E-state index contributed by atoms with van der Waals surface area (Å²) in [4.78, 5) is 0. The Morgan fingerprint density at radius 1 is 1.25 bits per heavy atom. The summed E-state index contributed by atoms with van der Waals surface area (Å²) in [6.45, 7) is 6.25. The summed E-state index contributed by atoms with van der Waals surface area (Å²) in [6.07, 6.45) is 2.97. The number of hydrogen-bond acceptors (Lipinski definition) is 3. The van der Waals surface area contributed by atoms with E-state index in [1.165, 1.54) is 5.56 Å². The molecule has 0 saturated heterocycles. The second-order valence-corrected chi connectivity index (χ2v) is 4.66. The van der Waals surface area contributed by atoms with Gasteiger partial charge in [-0.3, -0.25) is 4.40 Å². The van der Waals surface area contributed by atoms with Crippen molar-refractivity contribution in [3.8, 4) is 0 Å². The molecule has 0 aromatic carbocycles. The van der Waals surface area contributed by atoms with Gasteiger partial charge < -0.3 is 5.73 Å². The van der Waals surface area contributed by atoms with Gasteiger partial charge in [0.15, 0.2) is 5.65 Å². The molecule has 2 N–H and O–H groups in total. The summed E-state index contributed by atoms with van der Waals surface area (Å²) >= 11 is 0. The normalized spacial score (nSPS) is 13.6. The molecule has 0 aliphatic carbocycles. The van der Waals surface area contributed by atoms with Crippen LogP contribution in [-0.2, 0) is 6.42 Å². The van der Waals surface area contributed by atoms with Crippen molar-refractivity contribution >= 4 is 5.65 Å². The third-order valence-electron chi connectivity index (χ3n) is 2.56. The van der Waals surface area contributed by atoms with Crippen LogP contribution in [0.25, 0.3) is 5.65 Å². The van der Waals surface area contributed by atoms with Gasteiger partial charge in [0.1, 0.15) is 5.82 Å². The molecule has 1 atom stereocenters. The average Bonchev–Trinajstić information content (AvgIpc) is 2.59. The molecule has 0 aliphatic rings. The minimum Gasteiger partial charge on any atom is -0.328 e. The van der Waals surface area contributed by atoms with Crippen LogP contribution in [0.5, 0.6) is 0 Å². The Labute approximate surface area is 95.5 Å². The van der Waals surface area contributed by atoms with Crippen LogP contribution < -0.4 is 5.73 Å². The lowest BCUT2D eigenvalue weighted by Gasteiger charge is -2.07. The van der Waals surface area contributed by atoms with Gasteiger partial charge in [-0.15, -0.1) is 10.2 Å². The van der Waals surface area contributed by atoms with Crippen molar-refractivity contribution in [2.45, 2.75) is 39.2 Å². The van der Waals surface area contributed by atoms with E-state index in [4.69, 9.17) is 5.73 Å². The standard InChI is InChI=1S/C12H18N4/c1-8(2)12-15-14-11-5-4-10(6-9(3)13)7-16(11)12/h4-5,7-9H,6,13H2,1-3H3. The lowest BCUT2D eigenvalue weighted by atomic mass is 10.1. The van der Waals surface area contributed by atoms with Gasteiger partial charge >= 0.3 is 0 Å². The van der Waals surface area contributed by atoms with Gasteiger partial charge in [0.05, 0.1) is 0 Å². The van der Waals surface area contributed by atoms with E-state index in [2.05, 4.69) is 40.7 Å². The quantitative estimate of drug-likeness (QED) is 0.853. The number of nitrogens with two attached hydrogens (primary N) is 1. The molecule has 2 heterocycles. The first kappa shape index (κ1) is 11.1. The molecular weight excluding hydrogens is 200 g/mol. The van der Waals surface area contributed by atoms with E-state index in [1.807, 2.05) is 13.0 Å². The molecule has 0 bridgehead atoms. The van der Waals surface area contributed by atoms with E-state index in [0.717, 1.165) is 17.9 Å². The van der Waals surface area contributed by atoms with E-state index >= 15 is 0 Å². The lowest BCUT2D eigenvalue weighted by Crippen LogP contribution is -2.18. The van der Waals surface area contributed by atoms with Gasteiger partial charge in [-0.25, -0.2) is 0 Å². The summed E-state index contributed by atoms with van der Waals surface area (Å²) in [7, 11) is 0. The second kappa shape index (κ2) is 4.22. The van der Waals surface area contributed by atoms with Crippen molar-refractivity contribution < 1.29 is 0 Å². The Kier molecular flexibility index (Phi) is 2.92. The predicted molar refractivity (Wildman–Crippen MR) is 64.4 cm³/mol. The number of hydrogen-bond donors (Lipinski definition) is 1. The molecule has 1 unspecified atom stereocenters. The maximum Gasteiger partial charge on any atom is 0.160 e. The number of pyridine rings is 1. The van der Waals surface area contributed by atoms with Crippen molar-refractivity contribution in [3.63, 3.8) is 0 Å². The fourth-order valence-corrected chi connectivity index (χ4v) is 1.84. The van der Waals surface area contributed by atoms with Crippen LogP contribution in [0.2, 0.25) is 0 Å². The number of rotatable bonds is 3. The molecule has 4 nitrogen and oxygen atoms in total. The topological polar surface area (TPSA) is 56.2 Å². The van der Waals surface area contributed by atoms with E-state index in [-0.39, 0.29) is 6.04 Å². The molecule has 4 heteroatoms. The Bertz CT molecular complexity index is 485. The predicted octanol–water partition coefficient (Wildman–Crippen LogP) is 1.74. The smallest absolute Gasteiger partial charge is 0.160 e. The highest BCUT2D eigenvalue weighted by molar-refractivity contribution is 5.40. The highest BCUT2D eigenvalue weighted by atomic mass is 15.2. The molecule has 0 amide bonds. The van der Waals surface area contributed by atoms with E-state index in [9.17, 15) is 0 Å². The fourth-order valence-electron chi connectivity index (χ4n) is 1.84. The van der Waals surface area contributed by atoms with Crippen LogP contribution >= 0.6 is 0 Å². The molecule has 16 heavy (non-hydrogen) atoms. The SMILES string of the molecule is CC(N)Cc1ccc2nnc(C(C)C)n2c1. The molecule has 86 valence electrons. The van der Waals surface area contributed by atoms with Crippen LogP contribution in [0, 0.1) is 0 Å². The molecule has 0 fully saturated rings. The summed E-state index contributed by atoms with van der Waals surface area (Å²) in [5.74, 6) is 1.38. The van der Waals surface area contributed by atoms with Gasteiger partial charge in [0.25, 0.3) is 0 Å². The van der Waals surface area contributed by atoms with Gasteiger partial charge in [-0.2, -0.15) is 0 Å². The van der Waals surface area contributed by atoms with Crippen LogP contribution in [0.15, 0.2) is 18.3 Å². The van der Waals surface area contributed by atoms with Gasteiger partial charge in [-0.05, 0) is 25.0 Å². The molecular formula is C12H18N4. The highest BCUT2D eigenvalue weighted by Gasteiger charge is 2.09. The van der Waals surface area contributed by atoms with Crippen molar-refractivity contribution in [2.24, 2.45) is 5.73 Å². The zero-order chi connectivity index (χ0) is 11.7. The van der Waals surface area contributed by atoms with Crippen LogP contribution in [0.1, 0.15) is 38.1 Å². The summed E-state index contributed by atoms with van der Waals surface area (Å²) in [5, 5.41) is 8.34. The zero-order valence-electron chi connectivity index (χ0n) is 10.0. The first-order valence-electron chi connectivity index (χ1n) is 5.67. The largest absolute Gasteiger partial charge is 0.328 e. The fraction of sp³-hybridized carbons (Fsp3) is 0.500. The third kappa shape index (κ3) is 2.07. The minimum atomic E-state index is 0.177. The van der Waals surface area contributed by atoms with Crippen LogP contribution in [-0.4, -0.2) is 20.6 Å². The summed E-state index contributed by atoms with van der Waals surface area (Å²) in [5.41, 5.74) is 7.93. The Morgan fingerprint density at radius 2 is 2.00 bits per heavy atom. The summed E-state index contributed by atoms with van der Waals surface area (Å²) in [6, 6.07) is 4.24. The van der Waals surface area contributed by atoms with Crippen molar-refractivity contribution in [1.82, 2.24) is 14.6 Å². The van der Waals surface area contributed by atoms with Crippen LogP contribution in [0.3, 0.4) is 0 Å². The number of nitrogens with zero attached hydrogens (tertiary/aromatic N) is 3. The van der Waals surface area contributed by atoms with Gasteiger partial charge in [0, 0.05) is 18.2 Å². The highest BCUT2D eigenvalue weighted by Crippen LogP contribution is 2.15. The monoisotopic (exact) mass is 218 g/mol. The average molecular weight is 218 g/mol. The van der Waals surface area contributed by atoms with Crippen molar-refractivity contribution in [3.05, 3.63) is 29.7 Å². The lowest BCUT2D eigenvalue weighted by molar-refractivity contribution is 0.726. The second-order valence-electron chi connectivity index (χ2n) is 4.66. The van der Waals surface area contributed by atoms with Gasteiger partial charge in [-0.1, -0.05) is 19.9 Å². The molecule has 2 rings (SSSR count). The Balaban J connectivity index is 2.46. The van der Waals surface area contributed by atoms with Crippen molar-refractivity contribution in [1.29, 1.82) is 0 Å². The molecule has 0 saturated carbocycles. The molecule has 2 aromatic heterocycles. The van der Waals surface area contributed by atoms with Crippen LogP contribution in [0.4, 0.5) is 0 Å². The van der Waals surface area contributed by atoms with E-state index in [0.29, 0.717) is 5.92 Å². The summed E-state index contributed by atoms with van der Waals surface area (Å²) < 4.78 is 2.06. The van der Waals surface area contributed by atoms with Crippen molar-refractivity contribution in [2.75, 3.05) is 0 Å². The molecule has 0 radical (unpaired) electrons. The minimum absolute atomic E-state index is 0.177. The first-order valence-corrected chi connectivity index (χ1v) is 5.67. The maximum absolute atomic E-state index is 5.80. The number of aromatic nitrogens is 3. The van der Waals surface area contributed by atoms with Gasteiger partial charge in [0.2, 0.25) is 0 Å². The third-order valence-corrected chi connectivity index (χ3v) is 2.56. The maximum atomic E-state index is 5.80. The molecule has 2 aromatic rings. The van der Waals surface area contributed by atoms with E-state index < -0.39 is 0 Å². The molecule has 0 aliphatic heterocycles. The molecule has 0 spiro atoms. The Hall–Kier alpha value is -1.42. The first-order chi connectivity index (χ1) is 7.58. The number of fused-ring (bicyclic) bond motifs is 1. The van der Waals surface area contributed by atoms with E-state index in [1.54, 1.807) is 0 Å². The zero-order valence-corrected chi connectivity index (χ0v) is 10.0. The Morgan fingerprint density at radius 3 is 2.62 bits per heavy atom.